The first kappa shape index (κ1) is 14.1. The van der Waals surface area contributed by atoms with Gasteiger partial charge in [0.2, 0.25) is 0 Å². The van der Waals surface area contributed by atoms with Crippen LogP contribution in [-0.4, -0.2) is 36.6 Å². The monoisotopic (exact) mass is 257 g/mol. The lowest BCUT2D eigenvalue weighted by atomic mass is 9.87. The first-order valence-electron chi connectivity index (χ1n) is 6.93. The van der Waals surface area contributed by atoms with Crippen LogP contribution in [0.15, 0.2) is 30.3 Å². The Kier molecular flexibility index (Phi) is 4.98. The Bertz CT molecular complexity index is 413. The van der Waals surface area contributed by atoms with Gasteiger partial charge in [-0.1, -0.05) is 36.3 Å². The van der Waals surface area contributed by atoms with E-state index in [1.165, 1.54) is 5.56 Å². The Hall–Kier alpha value is -1.34. The average Bonchev–Trinajstić information content (AvgIpc) is 2.48. The summed E-state index contributed by atoms with van der Waals surface area (Å²) < 4.78 is 0. The second kappa shape index (κ2) is 6.72. The van der Waals surface area contributed by atoms with Crippen molar-refractivity contribution in [1.82, 2.24) is 10.2 Å². The molecular formula is C16H23N3. The zero-order valence-corrected chi connectivity index (χ0v) is 11.4. The summed E-state index contributed by atoms with van der Waals surface area (Å²) in [6, 6.07) is 10.6. The maximum Gasteiger partial charge on any atom is 0.0578 e. The van der Waals surface area contributed by atoms with E-state index in [1.54, 1.807) is 0 Å². The number of benzene rings is 1. The number of terminal acetylenes is 1. The molecule has 1 aromatic carbocycles. The molecule has 0 bridgehead atoms. The number of rotatable bonds is 5. The van der Waals surface area contributed by atoms with Crippen LogP contribution in [0, 0.1) is 12.3 Å². The third kappa shape index (κ3) is 3.81. The molecule has 102 valence electrons. The van der Waals surface area contributed by atoms with Gasteiger partial charge in [0.25, 0.3) is 0 Å². The Balaban J connectivity index is 1.86. The summed E-state index contributed by atoms with van der Waals surface area (Å²) in [4.78, 5) is 2.49. The van der Waals surface area contributed by atoms with E-state index < -0.39 is 0 Å². The smallest absolute Gasteiger partial charge is 0.0578 e. The molecular weight excluding hydrogens is 234 g/mol. The van der Waals surface area contributed by atoms with E-state index in [0.717, 1.165) is 32.5 Å². The van der Waals surface area contributed by atoms with E-state index >= 15 is 0 Å². The van der Waals surface area contributed by atoms with Crippen LogP contribution < -0.4 is 11.1 Å². The van der Waals surface area contributed by atoms with Crippen molar-refractivity contribution in [3.63, 3.8) is 0 Å². The molecule has 0 spiro atoms. The van der Waals surface area contributed by atoms with Gasteiger partial charge in [-0.05, 0) is 18.4 Å². The number of piperidine rings is 1. The zero-order valence-electron chi connectivity index (χ0n) is 11.4. The minimum atomic E-state index is 0.0412. The molecule has 0 aliphatic carbocycles. The van der Waals surface area contributed by atoms with Gasteiger partial charge in [-0.3, -0.25) is 10.2 Å². The van der Waals surface area contributed by atoms with E-state index in [1.807, 2.05) is 0 Å². The molecule has 3 heteroatoms. The molecule has 1 aliphatic heterocycles. The van der Waals surface area contributed by atoms with E-state index in [9.17, 15) is 0 Å². The van der Waals surface area contributed by atoms with Gasteiger partial charge >= 0.3 is 0 Å². The summed E-state index contributed by atoms with van der Waals surface area (Å²) in [5.74, 6) is 2.64. The van der Waals surface area contributed by atoms with E-state index in [2.05, 4.69) is 46.5 Å². The fourth-order valence-electron chi connectivity index (χ4n) is 2.67. The lowest BCUT2D eigenvalue weighted by Crippen LogP contribution is -2.57. The van der Waals surface area contributed by atoms with Crippen LogP contribution in [0.4, 0.5) is 0 Å². The highest BCUT2D eigenvalue weighted by Crippen LogP contribution is 2.22. The number of nitrogens with two attached hydrogens (primary N) is 1. The predicted octanol–water partition coefficient (Wildman–Crippen LogP) is 1.20. The van der Waals surface area contributed by atoms with E-state index in [-0.39, 0.29) is 5.54 Å². The lowest BCUT2D eigenvalue weighted by molar-refractivity contribution is 0.137. The van der Waals surface area contributed by atoms with Crippen molar-refractivity contribution in [3.8, 4) is 12.3 Å². The van der Waals surface area contributed by atoms with Gasteiger partial charge in [0.05, 0.1) is 6.54 Å². The second-order valence-corrected chi connectivity index (χ2v) is 5.30. The minimum Gasteiger partial charge on any atom is -0.329 e. The molecule has 3 nitrogen and oxygen atoms in total. The molecule has 1 saturated heterocycles. The molecule has 3 N–H and O–H groups in total. The number of hydrogen-bond acceptors (Lipinski definition) is 3. The zero-order chi connectivity index (χ0) is 13.6. The van der Waals surface area contributed by atoms with Crippen molar-refractivity contribution in [2.75, 3.05) is 26.2 Å². The van der Waals surface area contributed by atoms with Crippen LogP contribution in [-0.2, 0) is 6.54 Å². The van der Waals surface area contributed by atoms with Crippen molar-refractivity contribution in [1.29, 1.82) is 0 Å². The van der Waals surface area contributed by atoms with Crippen molar-refractivity contribution in [2.24, 2.45) is 5.73 Å². The van der Waals surface area contributed by atoms with Crippen molar-refractivity contribution in [3.05, 3.63) is 35.9 Å². The number of nitrogens with one attached hydrogen (secondary N) is 1. The van der Waals surface area contributed by atoms with Gasteiger partial charge in [0.15, 0.2) is 0 Å². The summed E-state index contributed by atoms with van der Waals surface area (Å²) in [6.45, 7) is 4.44. The fourth-order valence-corrected chi connectivity index (χ4v) is 2.67. The van der Waals surface area contributed by atoms with Gasteiger partial charge in [-0.15, -0.1) is 6.42 Å². The fraction of sp³-hybridized carbons (Fsp3) is 0.500. The standard InChI is InChI=1S/C16H23N3/c1-2-10-18-16(14-17)8-11-19(12-9-16)13-15-6-4-3-5-7-15/h1,3-7,18H,8-14,17H2. The summed E-state index contributed by atoms with van der Waals surface area (Å²) in [5.41, 5.74) is 7.34. The summed E-state index contributed by atoms with van der Waals surface area (Å²) in [5, 5.41) is 3.43. The van der Waals surface area contributed by atoms with Gasteiger partial charge in [0, 0.05) is 31.7 Å². The molecule has 1 heterocycles. The Labute approximate surface area is 116 Å². The third-order valence-electron chi connectivity index (χ3n) is 4.02. The highest BCUT2D eigenvalue weighted by molar-refractivity contribution is 5.14. The van der Waals surface area contributed by atoms with Crippen molar-refractivity contribution >= 4 is 0 Å². The van der Waals surface area contributed by atoms with Crippen LogP contribution in [0.1, 0.15) is 18.4 Å². The molecule has 2 rings (SSSR count). The quantitative estimate of drug-likeness (QED) is 0.779. The molecule has 1 fully saturated rings. The number of likely N-dealkylation sites (tertiary alicyclic amines) is 1. The average molecular weight is 257 g/mol. The second-order valence-electron chi connectivity index (χ2n) is 5.30. The van der Waals surface area contributed by atoms with Crippen LogP contribution in [0.3, 0.4) is 0 Å². The Morgan fingerprint density at radius 2 is 1.95 bits per heavy atom. The van der Waals surface area contributed by atoms with Gasteiger partial charge in [-0.25, -0.2) is 0 Å². The molecule has 1 aliphatic rings. The normalized spacial score (nSPS) is 18.9. The van der Waals surface area contributed by atoms with E-state index in [0.29, 0.717) is 13.1 Å². The van der Waals surface area contributed by atoms with Gasteiger partial charge in [0.1, 0.15) is 0 Å². The van der Waals surface area contributed by atoms with E-state index in [4.69, 9.17) is 12.2 Å². The van der Waals surface area contributed by atoms with Crippen LogP contribution in [0.2, 0.25) is 0 Å². The highest BCUT2D eigenvalue weighted by atomic mass is 15.2. The SMILES string of the molecule is C#CCNC1(CN)CCN(Cc2ccccc2)CC1. The molecule has 0 unspecified atom stereocenters. The lowest BCUT2D eigenvalue weighted by Gasteiger charge is -2.41. The minimum absolute atomic E-state index is 0.0412. The Morgan fingerprint density at radius 3 is 2.53 bits per heavy atom. The topological polar surface area (TPSA) is 41.3 Å². The van der Waals surface area contributed by atoms with Crippen LogP contribution >= 0.6 is 0 Å². The molecule has 0 atom stereocenters. The summed E-state index contributed by atoms with van der Waals surface area (Å²) in [6.07, 6.45) is 7.46. The van der Waals surface area contributed by atoms with Crippen molar-refractivity contribution in [2.45, 2.75) is 24.9 Å². The van der Waals surface area contributed by atoms with Crippen LogP contribution in [0.25, 0.3) is 0 Å². The van der Waals surface area contributed by atoms with Gasteiger partial charge < -0.3 is 5.73 Å². The molecule has 19 heavy (non-hydrogen) atoms. The first-order chi connectivity index (χ1) is 9.28. The Morgan fingerprint density at radius 1 is 1.26 bits per heavy atom. The third-order valence-corrected chi connectivity index (χ3v) is 4.02. The van der Waals surface area contributed by atoms with Gasteiger partial charge in [-0.2, -0.15) is 0 Å². The molecule has 0 radical (unpaired) electrons. The molecule has 1 aromatic rings. The largest absolute Gasteiger partial charge is 0.329 e. The first-order valence-corrected chi connectivity index (χ1v) is 6.93. The van der Waals surface area contributed by atoms with Crippen LogP contribution in [0.5, 0.6) is 0 Å². The molecule has 0 saturated carbocycles. The molecule has 0 amide bonds. The number of hydrogen-bond donors (Lipinski definition) is 2. The summed E-state index contributed by atoms with van der Waals surface area (Å²) >= 11 is 0. The maximum atomic E-state index is 5.93. The maximum absolute atomic E-state index is 5.93. The molecule has 0 aromatic heterocycles. The highest BCUT2D eigenvalue weighted by Gasteiger charge is 2.32. The number of nitrogens with zero attached hydrogens (tertiary/aromatic N) is 1. The predicted molar refractivity (Wildman–Crippen MR) is 79.6 cm³/mol. The summed E-state index contributed by atoms with van der Waals surface area (Å²) in [7, 11) is 0. The van der Waals surface area contributed by atoms with Crippen molar-refractivity contribution < 1.29 is 0 Å².